The average Bonchev–Trinajstić information content (AvgIpc) is 1.88. The standard InChI is InChI=1S/2C4H6O2.Mo.2O/c2*1-3(2)4(5)6;;;/h2*1H2,2H3,(H,5,6);;;/q;;;2*-2/p-2. The van der Waals surface area contributed by atoms with Crippen molar-refractivity contribution in [1.29, 1.82) is 0 Å². The molecule has 0 aromatic heterocycles. The summed E-state index contributed by atoms with van der Waals surface area (Å²) in [6, 6.07) is 0. The Morgan fingerprint density at radius 1 is 0.867 bits per heavy atom. The molecule has 0 atom stereocenters. The van der Waals surface area contributed by atoms with E-state index in [1.165, 1.54) is 13.8 Å². The van der Waals surface area contributed by atoms with Gasteiger partial charge in [-0.2, -0.15) is 0 Å². The largest absolute Gasteiger partial charge is 2.00 e. The molecule has 0 aliphatic heterocycles. The average molecular weight is 298 g/mol. The molecule has 0 amide bonds. The van der Waals surface area contributed by atoms with E-state index in [1.807, 2.05) is 0 Å². The number of carbonyl (C=O) groups excluding carboxylic acids is 2. The second kappa shape index (κ2) is 15.5. The van der Waals surface area contributed by atoms with E-state index in [1.54, 1.807) is 0 Å². The normalized spacial score (nSPS) is 6.00. The molecule has 0 aliphatic carbocycles. The number of rotatable bonds is 2. The van der Waals surface area contributed by atoms with Gasteiger partial charge in [0.05, 0.1) is 11.9 Å². The smallest absolute Gasteiger partial charge is 0.0666 e. The third-order valence-electron chi connectivity index (χ3n) is 0.697. The van der Waals surface area contributed by atoms with Crippen LogP contribution in [0.3, 0.4) is 0 Å². The molecule has 0 fully saturated rings. The van der Waals surface area contributed by atoms with E-state index < -0.39 is 11.9 Å². The maximum atomic E-state index is 9.49. The molecule has 0 unspecified atom stereocenters. The molecule has 15 heavy (non-hydrogen) atoms. The number of carbonyl (C=O) groups is 2. The zero-order chi connectivity index (χ0) is 10.3. The van der Waals surface area contributed by atoms with E-state index in [2.05, 4.69) is 13.2 Å². The van der Waals surface area contributed by atoms with Crippen LogP contribution in [-0.2, 0) is 41.6 Å². The minimum atomic E-state index is -1.19. The Hall–Kier alpha value is -0.972. The molecular formula is C8H10MoO6-6. The van der Waals surface area contributed by atoms with Gasteiger partial charge in [-0.25, -0.2) is 0 Å². The predicted octanol–water partition coefficient (Wildman–Crippen LogP) is -1.62. The Morgan fingerprint density at radius 2 is 0.933 bits per heavy atom. The van der Waals surface area contributed by atoms with Crippen LogP contribution in [-0.4, -0.2) is 11.9 Å². The molecule has 0 saturated carbocycles. The van der Waals surface area contributed by atoms with Crippen molar-refractivity contribution < 1.29 is 51.8 Å². The van der Waals surface area contributed by atoms with Crippen LogP contribution < -0.4 is 10.2 Å². The van der Waals surface area contributed by atoms with Crippen molar-refractivity contribution in [3.63, 3.8) is 0 Å². The molecular weight excluding hydrogens is 288 g/mol. The minimum Gasteiger partial charge on any atom is -2.00 e. The topological polar surface area (TPSA) is 137 Å². The van der Waals surface area contributed by atoms with Gasteiger partial charge in [0.25, 0.3) is 0 Å². The van der Waals surface area contributed by atoms with Crippen molar-refractivity contribution in [2.45, 2.75) is 13.8 Å². The number of hydrogen-bond acceptors (Lipinski definition) is 4. The van der Waals surface area contributed by atoms with E-state index in [0.29, 0.717) is 0 Å². The van der Waals surface area contributed by atoms with Crippen molar-refractivity contribution in [2.75, 3.05) is 0 Å². The molecule has 0 radical (unpaired) electrons. The van der Waals surface area contributed by atoms with Gasteiger partial charge in [-0.05, 0) is 25.0 Å². The van der Waals surface area contributed by atoms with Crippen molar-refractivity contribution in [2.24, 2.45) is 0 Å². The van der Waals surface area contributed by atoms with Crippen LogP contribution in [0.1, 0.15) is 13.8 Å². The van der Waals surface area contributed by atoms with Crippen molar-refractivity contribution in [1.82, 2.24) is 0 Å². The van der Waals surface area contributed by atoms with Crippen molar-refractivity contribution in [3.05, 3.63) is 24.3 Å². The van der Waals surface area contributed by atoms with E-state index >= 15 is 0 Å². The van der Waals surface area contributed by atoms with E-state index in [4.69, 9.17) is 0 Å². The Labute approximate surface area is 102 Å². The number of hydrogen-bond donors (Lipinski definition) is 0. The summed E-state index contributed by atoms with van der Waals surface area (Å²) in [5.41, 5.74) is 0.130. The fourth-order valence-corrected chi connectivity index (χ4v) is 0. The van der Waals surface area contributed by atoms with Crippen molar-refractivity contribution >= 4 is 11.9 Å². The third kappa shape index (κ3) is 32.1. The second-order valence-corrected chi connectivity index (χ2v) is 2.14. The quantitative estimate of drug-likeness (QED) is 0.447. The molecule has 0 N–H and O–H groups in total. The van der Waals surface area contributed by atoms with Gasteiger partial charge in [-0.3, -0.25) is 0 Å². The van der Waals surface area contributed by atoms with E-state index in [0.717, 1.165) is 0 Å². The van der Waals surface area contributed by atoms with Crippen LogP contribution in [0.4, 0.5) is 0 Å². The maximum absolute atomic E-state index is 9.49. The van der Waals surface area contributed by atoms with Gasteiger partial charge < -0.3 is 30.8 Å². The van der Waals surface area contributed by atoms with Gasteiger partial charge in [0.15, 0.2) is 0 Å². The molecule has 0 aromatic rings. The first-order valence-corrected chi connectivity index (χ1v) is 3.02. The van der Waals surface area contributed by atoms with Gasteiger partial charge in [0, 0.05) is 21.1 Å². The summed E-state index contributed by atoms with van der Waals surface area (Å²) in [5.74, 6) is -2.37. The van der Waals surface area contributed by atoms with Gasteiger partial charge in [-0.1, -0.05) is 13.2 Å². The molecule has 0 aromatic carbocycles. The van der Waals surface area contributed by atoms with Gasteiger partial charge in [0.2, 0.25) is 0 Å². The zero-order valence-electron chi connectivity index (χ0n) is 8.27. The summed E-state index contributed by atoms with van der Waals surface area (Å²) in [7, 11) is 0. The minimum absolute atomic E-state index is 0. The summed E-state index contributed by atoms with van der Waals surface area (Å²) in [5, 5.41) is 19.0. The first-order chi connectivity index (χ1) is 5.29. The third-order valence-corrected chi connectivity index (χ3v) is 0.697. The Morgan fingerprint density at radius 3 is 0.933 bits per heavy atom. The molecule has 0 aliphatic rings. The maximum Gasteiger partial charge on any atom is 0.0666 e. The number of carboxylic acids is 2. The number of aliphatic carboxylic acids is 2. The monoisotopic (exact) mass is 300 g/mol. The number of carboxylic acid groups (broad SMARTS) is 2. The molecule has 0 saturated heterocycles. The van der Waals surface area contributed by atoms with Crippen LogP contribution in [0, 0.1) is 0 Å². The zero-order valence-corrected chi connectivity index (χ0v) is 10.3. The molecule has 0 rings (SSSR count). The first kappa shape index (κ1) is 29.2. The Bertz CT molecular complexity index is 175. The molecule has 90 valence electrons. The van der Waals surface area contributed by atoms with Crippen LogP contribution in [0.5, 0.6) is 0 Å². The molecule has 0 spiro atoms. The summed E-state index contributed by atoms with van der Waals surface area (Å²) < 4.78 is 0. The summed E-state index contributed by atoms with van der Waals surface area (Å²) in [4.78, 5) is 19.0. The summed E-state index contributed by atoms with van der Waals surface area (Å²) in [6.45, 7) is 8.95. The fourth-order valence-electron chi connectivity index (χ4n) is 0. The van der Waals surface area contributed by atoms with Gasteiger partial charge >= 0.3 is 0 Å². The van der Waals surface area contributed by atoms with Crippen LogP contribution in [0.25, 0.3) is 0 Å². The summed E-state index contributed by atoms with van der Waals surface area (Å²) >= 11 is 0. The Balaban J connectivity index is -0.0000000370. The first-order valence-electron chi connectivity index (χ1n) is 3.02. The molecule has 0 heterocycles. The van der Waals surface area contributed by atoms with Crippen LogP contribution in [0.2, 0.25) is 0 Å². The Kier molecular flexibility index (Phi) is 30.2. The van der Waals surface area contributed by atoms with Crippen molar-refractivity contribution in [3.8, 4) is 0 Å². The fraction of sp³-hybridized carbons (Fsp3) is 0.250. The molecule has 6 nitrogen and oxygen atoms in total. The summed E-state index contributed by atoms with van der Waals surface area (Å²) in [6.07, 6.45) is 0. The molecule has 7 heteroatoms. The SMILES string of the molecule is C=C(C)C(=O)[O-].C=C(C)C(=O)[O-].[Mo].[O-2].[O-2]. The van der Waals surface area contributed by atoms with Gasteiger partial charge in [0.1, 0.15) is 0 Å². The van der Waals surface area contributed by atoms with Crippen LogP contribution in [0.15, 0.2) is 24.3 Å². The second-order valence-electron chi connectivity index (χ2n) is 2.14. The van der Waals surface area contributed by atoms with Gasteiger partial charge in [-0.15, -0.1) is 0 Å². The molecule has 0 bridgehead atoms. The predicted molar refractivity (Wildman–Crippen MR) is 41.0 cm³/mol. The van der Waals surface area contributed by atoms with Crippen LogP contribution >= 0.6 is 0 Å². The van der Waals surface area contributed by atoms with E-state index in [-0.39, 0.29) is 43.2 Å². The van der Waals surface area contributed by atoms with E-state index in [9.17, 15) is 19.8 Å².